The van der Waals surface area contributed by atoms with Crippen LogP contribution in [0.2, 0.25) is 0 Å². The highest BCUT2D eigenvalue weighted by Gasteiger charge is 2.38. The molecule has 19 heavy (non-hydrogen) atoms. The Hall–Kier alpha value is -1.24. The van der Waals surface area contributed by atoms with Gasteiger partial charge in [-0.05, 0) is 24.3 Å². The summed E-state index contributed by atoms with van der Waals surface area (Å²) in [6.07, 6.45) is 2.42. The fraction of sp³-hybridized carbons (Fsp3) is 0.538. The van der Waals surface area contributed by atoms with Gasteiger partial charge in [-0.1, -0.05) is 11.2 Å². The summed E-state index contributed by atoms with van der Waals surface area (Å²) >= 11 is 1.70. The predicted molar refractivity (Wildman–Crippen MR) is 72.2 cm³/mol. The van der Waals surface area contributed by atoms with Gasteiger partial charge in [-0.25, -0.2) is 0 Å². The maximum atomic E-state index is 5.93. The van der Waals surface area contributed by atoms with Crippen LogP contribution in [0.15, 0.2) is 22.0 Å². The van der Waals surface area contributed by atoms with Crippen molar-refractivity contribution in [2.45, 2.75) is 24.7 Å². The van der Waals surface area contributed by atoms with Crippen LogP contribution in [0.4, 0.5) is 0 Å². The lowest BCUT2D eigenvalue weighted by atomic mass is 9.80. The van der Waals surface area contributed by atoms with Crippen molar-refractivity contribution in [2.24, 2.45) is 5.73 Å². The molecule has 2 aromatic heterocycles. The van der Waals surface area contributed by atoms with Gasteiger partial charge >= 0.3 is 0 Å². The Labute approximate surface area is 115 Å². The number of aromatic nitrogens is 2. The molecular weight excluding hydrogens is 262 g/mol. The standard InChI is InChI=1S/C13H17N3O2S/c14-9-13(3-5-17-6-4-13)12-15-11(16-18-12)8-10-2-1-7-19-10/h1-2,7H,3-6,8-9,14H2. The lowest BCUT2D eigenvalue weighted by molar-refractivity contribution is 0.0409. The monoisotopic (exact) mass is 279 g/mol. The Morgan fingerprint density at radius 3 is 2.89 bits per heavy atom. The first-order valence-corrected chi connectivity index (χ1v) is 7.34. The second kappa shape index (κ2) is 5.40. The molecule has 6 heteroatoms. The molecule has 2 N–H and O–H groups in total. The van der Waals surface area contributed by atoms with E-state index in [4.69, 9.17) is 15.0 Å². The number of hydrogen-bond donors (Lipinski definition) is 1. The minimum atomic E-state index is -0.195. The number of rotatable bonds is 4. The quantitative estimate of drug-likeness (QED) is 0.922. The summed E-state index contributed by atoms with van der Waals surface area (Å²) in [6, 6.07) is 4.11. The first-order chi connectivity index (χ1) is 9.32. The number of nitrogens with two attached hydrogens (primary N) is 1. The maximum absolute atomic E-state index is 5.93. The van der Waals surface area contributed by atoms with E-state index in [2.05, 4.69) is 21.6 Å². The van der Waals surface area contributed by atoms with Crippen molar-refractivity contribution in [3.8, 4) is 0 Å². The third kappa shape index (κ3) is 2.56. The van der Waals surface area contributed by atoms with Gasteiger partial charge in [0.15, 0.2) is 5.82 Å². The van der Waals surface area contributed by atoms with E-state index in [0.717, 1.165) is 25.1 Å². The molecule has 0 aromatic carbocycles. The van der Waals surface area contributed by atoms with E-state index in [-0.39, 0.29) is 5.41 Å². The van der Waals surface area contributed by atoms with E-state index in [1.807, 2.05) is 6.07 Å². The van der Waals surface area contributed by atoms with Gasteiger partial charge in [0.25, 0.3) is 0 Å². The van der Waals surface area contributed by atoms with E-state index < -0.39 is 0 Å². The molecule has 1 aliphatic heterocycles. The molecule has 3 heterocycles. The minimum Gasteiger partial charge on any atom is -0.381 e. The van der Waals surface area contributed by atoms with Crippen molar-refractivity contribution in [3.63, 3.8) is 0 Å². The number of nitrogens with zero attached hydrogens (tertiary/aromatic N) is 2. The summed E-state index contributed by atoms with van der Waals surface area (Å²) in [4.78, 5) is 5.78. The molecule has 5 nitrogen and oxygen atoms in total. The molecule has 0 saturated carbocycles. The van der Waals surface area contributed by atoms with E-state index in [1.165, 1.54) is 4.88 Å². The third-order valence-corrected chi connectivity index (χ3v) is 4.55. The Kier molecular flexibility index (Phi) is 3.63. The van der Waals surface area contributed by atoms with Crippen LogP contribution in [0, 0.1) is 0 Å². The van der Waals surface area contributed by atoms with E-state index >= 15 is 0 Å². The Bertz CT molecular complexity index is 518. The highest BCUT2D eigenvalue weighted by molar-refractivity contribution is 7.09. The van der Waals surface area contributed by atoms with Crippen molar-refractivity contribution < 1.29 is 9.26 Å². The Morgan fingerprint density at radius 2 is 2.21 bits per heavy atom. The topological polar surface area (TPSA) is 74.2 Å². The van der Waals surface area contributed by atoms with Crippen LogP contribution in [-0.2, 0) is 16.6 Å². The molecule has 0 bridgehead atoms. The lowest BCUT2D eigenvalue weighted by Crippen LogP contribution is -2.40. The van der Waals surface area contributed by atoms with Crippen molar-refractivity contribution in [2.75, 3.05) is 19.8 Å². The van der Waals surface area contributed by atoms with E-state index in [0.29, 0.717) is 25.6 Å². The molecule has 0 unspecified atom stereocenters. The number of hydrogen-bond acceptors (Lipinski definition) is 6. The van der Waals surface area contributed by atoms with E-state index in [9.17, 15) is 0 Å². The smallest absolute Gasteiger partial charge is 0.234 e. The van der Waals surface area contributed by atoms with Crippen molar-refractivity contribution >= 4 is 11.3 Å². The predicted octanol–water partition coefficient (Wildman–Crippen LogP) is 1.73. The van der Waals surface area contributed by atoms with Gasteiger partial charge in [0.05, 0.1) is 5.41 Å². The minimum absolute atomic E-state index is 0.195. The summed E-state index contributed by atoms with van der Waals surface area (Å²) in [5, 5.41) is 6.14. The molecule has 0 radical (unpaired) electrons. The normalized spacial score (nSPS) is 18.6. The third-order valence-electron chi connectivity index (χ3n) is 3.67. The van der Waals surface area contributed by atoms with Crippen LogP contribution in [-0.4, -0.2) is 29.9 Å². The number of thiophene rings is 1. The first kappa shape index (κ1) is 12.8. The average molecular weight is 279 g/mol. The fourth-order valence-electron chi connectivity index (χ4n) is 2.38. The van der Waals surface area contributed by atoms with Gasteiger partial charge < -0.3 is 15.0 Å². The van der Waals surface area contributed by atoms with Crippen LogP contribution < -0.4 is 5.73 Å². The van der Waals surface area contributed by atoms with Gasteiger partial charge in [0.1, 0.15) is 0 Å². The maximum Gasteiger partial charge on any atom is 0.234 e. The molecule has 0 atom stereocenters. The highest BCUT2D eigenvalue weighted by atomic mass is 32.1. The highest BCUT2D eigenvalue weighted by Crippen LogP contribution is 2.32. The zero-order valence-electron chi connectivity index (χ0n) is 10.7. The Morgan fingerprint density at radius 1 is 1.37 bits per heavy atom. The summed E-state index contributed by atoms with van der Waals surface area (Å²) in [5.41, 5.74) is 5.74. The number of ether oxygens (including phenoxy) is 1. The van der Waals surface area contributed by atoms with Crippen molar-refractivity contribution in [3.05, 3.63) is 34.1 Å². The van der Waals surface area contributed by atoms with Gasteiger partial charge in [-0.3, -0.25) is 0 Å². The second-order valence-electron chi connectivity index (χ2n) is 4.87. The van der Waals surface area contributed by atoms with Gasteiger partial charge in [0, 0.05) is 31.1 Å². The summed E-state index contributed by atoms with van der Waals surface area (Å²) in [7, 11) is 0. The second-order valence-corrected chi connectivity index (χ2v) is 5.90. The largest absolute Gasteiger partial charge is 0.381 e. The molecule has 3 rings (SSSR count). The molecular formula is C13H17N3O2S. The summed E-state index contributed by atoms with van der Waals surface area (Å²) in [5.74, 6) is 1.40. The van der Waals surface area contributed by atoms with Crippen LogP contribution in [0.1, 0.15) is 29.4 Å². The zero-order chi connectivity index (χ0) is 13.1. The molecule has 102 valence electrons. The SMILES string of the molecule is NCC1(c2nc(Cc3cccs3)no2)CCOCC1. The molecule has 0 amide bonds. The zero-order valence-corrected chi connectivity index (χ0v) is 11.5. The van der Waals surface area contributed by atoms with Crippen molar-refractivity contribution in [1.29, 1.82) is 0 Å². The summed E-state index contributed by atoms with van der Waals surface area (Å²) < 4.78 is 10.9. The van der Waals surface area contributed by atoms with E-state index in [1.54, 1.807) is 11.3 Å². The lowest BCUT2D eigenvalue weighted by Gasteiger charge is -2.32. The first-order valence-electron chi connectivity index (χ1n) is 6.46. The fourth-order valence-corrected chi connectivity index (χ4v) is 3.08. The molecule has 1 aliphatic rings. The molecule has 1 fully saturated rings. The molecule has 0 aliphatic carbocycles. The van der Waals surface area contributed by atoms with Crippen LogP contribution >= 0.6 is 11.3 Å². The average Bonchev–Trinajstić information content (AvgIpc) is 3.12. The van der Waals surface area contributed by atoms with Gasteiger partial charge in [0.2, 0.25) is 5.89 Å². The van der Waals surface area contributed by atoms with Crippen LogP contribution in [0.25, 0.3) is 0 Å². The molecule has 1 saturated heterocycles. The van der Waals surface area contributed by atoms with Gasteiger partial charge in [-0.2, -0.15) is 4.98 Å². The van der Waals surface area contributed by atoms with Crippen molar-refractivity contribution in [1.82, 2.24) is 10.1 Å². The molecule has 2 aromatic rings. The Balaban J connectivity index is 1.79. The van der Waals surface area contributed by atoms with Crippen LogP contribution in [0.3, 0.4) is 0 Å². The van der Waals surface area contributed by atoms with Gasteiger partial charge in [-0.15, -0.1) is 11.3 Å². The van der Waals surface area contributed by atoms with Crippen LogP contribution in [0.5, 0.6) is 0 Å². The molecule has 0 spiro atoms. The summed E-state index contributed by atoms with van der Waals surface area (Å²) in [6.45, 7) is 1.94.